The summed E-state index contributed by atoms with van der Waals surface area (Å²) < 4.78 is 0. The predicted molar refractivity (Wildman–Crippen MR) is 63.5 cm³/mol. The summed E-state index contributed by atoms with van der Waals surface area (Å²) in [4.78, 5) is 5.50. The Morgan fingerprint density at radius 2 is 1.19 bits per heavy atom. The molecule has 4 nitrogen and oxygen atoms in total. The zero-order valence-electron chi connectivity index (χ0n) is 9.86. The number of nitrogens with zero attached hydrogens (tertiary/aromatic N) is 2. The maximum Gasteiger partial charge on any atom is 0.0421 e. The van der Waals surface area contributed by atoms with Crippen LogP contribution in [0.15, 0.2) is 0 Å². The fourth-order valence-electron chi connectivity index (χ4n) is 4.42. The maximum atomic E-state index is 3.74. The molecule has 4 heteroatoms. The third-order valence-corrected chi connectivity index (χ3v) is 5.08. The molecule has 0 aromatic rings. The Morgan fingerprint density at radius 3 is 1.69 bits per heavy atom. The van der Waals surface area contributed by atoms with Gasteiger partial charge in [-0.15, -0.1) is 0 Å². The average molecular weight is 222 g/mol. The molecule has 4 atom stereocenters. The monoisotopic (exact) mass is 222 g/mol. The summed E-state index contributed by atoms with van der Waals surface area (Å²) in [5.74, 6) is 0. The van der Waals surface area contributed by atoms with E-state index in [1.807, 2.05) is 0 Å². The van der Waals surface area contributed by atoms with Gasteiger partial charge in [0.05, 0.1) is 0 Å². The normalized spacial score (nSPS) is 48.8. The third kappa shape index (κ3) is 1.30. The number of hydrogen-bond donors (Lipinski definition) is 2. The molecule has 4 aliphatic heterocycles. The van der Waals surface area contributed by atoms with Crippen LogP contribution in [-0.4, -0.2) is 73.2 Å². The summed E-state index contributed by atoms with van der Waals surface area (Å²) >= 11 is 0. The van der Waals surface area contributed by atoms with Crippen LogP contribution in [0.5, 0.6) is 0 Å². The summed E-state index contributed by atoms with van der Waals surface area (Å²) in [6, 6.07) is 3.10. The Hall–Kier alpha value is -0.160. The highest BCUT2D eigenvalue weighted by atomic mass is 15.4. The molecule has 0 bridgehead atoms. The van der Waals surface area contributed by atoms with Gasteiger partial charge in [-0.25, -0.2) is 0 Å². The molecule has 0 unspecified atom stereocenters. The lowest BCUT2D eigenvalue weighted by Gasteiger charge is -2.59. The molecule has 4 aliphatic rings. The first-order valence-electron chi connectivity index (χ1n) is 6.88. The van der Waals surface area contributed by atoms with Crippen LogP contribution in [0.2, 0.25) is 0 Å². The average Bonchev–Trinajstić information content (AvgIpc) is 2.36. The van der Waals surface area contributed by atoms with Gasteiger partial charge in [0.1, 0.15) is 0 Å². The summed E-state index contributed by atoms with van der Waals surface area (Å²) in [5, 5.41) is 7.49. The minimum Gasteiger partial charge on any atom is -0.311 e. The Balaban J connectivity index is 1.67. The number of hydrogen-bond acceptors (Lipinski definition) is 4. The Labute approximate surface area is 97.3 Å². The largest absolute Gasteiger partial charge is 0.311 e. The van der Waals surface area contributed by atoms with Gasteiger partial charge >= 0.3 is 0 Å². The summed E-state index contributed by atoms with van der Waals surface area (Å²) in [7, 11) is 0. The highest BCUT2D eigenvalue weighted by Crippen LogP contribution is 2.33. The van der Waals surface area contributed by atoms with E-state index < -0.39 is 0 Å². The standard InChI is InChI=1S/C12H22N4/c1-5-15-7-4-14-10-2-6-16-8-3-13-9(1)11(16)12(10)15/h9-14H,1-8H2/t9-,10-,11-,12-/m1/s1. The summed E-state index contributed by atoms with van der Waals surface area (Å²) in [6.45, 7) is 7.55. The van der Waals surface area contributed by atoms with Crippen molar-refractivity contribution in [2.75, 3.05) is 39.3 Å². The van der Waals surface area contributed by atoms with Crippen LogP contribution < -0.4 is 10.6 Å². The van der Waals surface area contributed by atoms with Crippen LogP contribution in [0.3, 0.4) is 0 Å². The van der Waals surface area contributed by atoms with E-state index in [1.54, 1.807) is 0 Å². The molecule has 2 N–H and O–H groups in total. The van der Waals surface area contributed by atoms with E-state index in [2.05, 4.69) is 20.4 Å². The first kappa shape index (κ1) is 9.83. The SMILES string of the molecule is C1CN2CC[C@H]3NCCN4CC[C@@H](N1)[C@@H]2[C@@H]34. The molecular formula is C12H22N4. The van der Waals surface area contributed by atoms with Gasteiger partial charge in [-0.1, -0.05) is 0 Å². The summed E-state index contributed by atoms with van der Waals surface area (Å²) in [5.41, 5.74) is 0. The van der Waals surface area contributed by atoms with Crippen LogP contribution in [0, 0.1) is 0 Å². The molecule has 4 heterocycles. The third-order valence-electron chi connectivity index (χ3n) is 5.08. The van der Waals surface area contributed by atoms with Gasteiger partial charge in [0, 0.05) is 63.4 Å². The molecule has 4 saturated heterocycles. The van der Waals surface area contributed by atoms with E-state index in [0.29, 0.717) is 0 Å². The fraction of sp³-hybridized carbons (Fsp3) is 1.00. The molecule has 4 rings (SSSR count). The van der Waals surface area contributed by atoms with Crippen molar-refractivity contribution in [1.82, 2.24) is 20.4 Å². The summed E-state index contributed by atoms with van der Waals surface area (Å²) in [6.07, 6.45) is 2.70. The van der Waals surface area contributed by atoms with E-state index in [4.69, 9.17) is 0 Å². The molecule has 90 valence electrons. The molecule has 0 amide bonds. The van der Waals surface area contributed by atoms with Crippen LogP contribution in [0.4, 0.5) is 0 Å². The van der Waals surface area contributed by atoms with E-state index in [0.717, 1.165) is 24.2 Å². The van der Waals surface area contributed by atoms with Crippen molar-refractivity contribution in [2.24, 2.45) is 0 Å². The first-order valence-corrected chi connectivity index (χ1v) is 6.88. The van der Waals surface area contributed by atoms with Crippen LogP contribution >= 0.6 is 0 Å². The van der Waals surface area contributed by atoms with E-state index >= 15 is 0 Å². The minimum atomic E-state index is 0.762. The van der Waals surface area contributed by atoms with E-state index in [-0.39, 0.29) is 0 Å². The van der Waals surface area contributed by atoms with Crippen molar-refractivity contribution in [3.63, 3.8) is 0 Å². The molecule has 0 spiro atoms. The molecular weight excluding hydrogens is 200 g/mol. The lowest BCUT2D eigenvalue weighted by Crippen LogP contribution is -2.77. The lowest BCUT2D eigenvalue weighted by atomic mass is 9.79. The number of nitrogens with one attached hydrogen (secondary N) is 2. The molecule has 16 heavy (non-hydrogen) atoms. The van der Waals surface area contributed by atoms with Crippen LogP contribution in [-0.2, 0) is 0 Å². The van der Waals surface area contributed by atoms with Gasteiger partial charge in [-0.2, -0.15) is 0 Å². The van der Waals surface area contributed by atoms with Crippen LogP contribution in [0.25, 0.3) is 0 Å². The van der Waals surface area contributed by atoms with Crippen molar-refractivity contribution < 1.29 is 0 Å². The second-order valence-electron chi connectivity index (χ2n) is 5.75. The molecule has 0 aromatic heterocycles. The topological polar surface area (TPSA) is 30.5 Å². The van der Waals surface area contributed by atoms with Crippen molar-refractivity contribution in [3.05, 3.63) is 0 Å². The van der Waals surface area contributed by atoms with Crippen molar-refractivity contribution in [1.29, 1.82) is 0 Å². The second kappa shape index (κ2) is 3.67. The highest BCUT2D eigenvalue weighted by Gasteiger charge is 2.49. The molecule has 0 aliphatic carbocycles. The zero-order valence-corrected chi connectivity index (χ0v) is 9.86. The predicted octanol–water partition coefficient (Wildman–Crippen LogP) is -0.921. The Bertz CT molecular complexity index is 230. The fourth-order valence-corrected chi connectivity index (χ4v) is 4.42. The van der Waals surface area contributed by atoms with Gasteiger partial charge in [0.25, 0.3) is 0 Å². The quantitative estimate of drug-likeness (QED) is 0.555. The number of piperidine rings is 2. The van der Waals surface area contributed by atoms with Crippen molar-refractivity contribution in [3.8, 4) is 0 Å². The molecule has 4 fully saturated rings. The van der Waals surface area contributed by atoms with Gasteiger partial charge in [-0.3, -0.25) is 9.80 Å². The molecule has 0 saturated carbocycles. The molecule has 0 aromatic carbocycles. The Kier molecular flexibility index (Phi) is 2.25. The number of piperazine rings is 2. The smallest absolute Gasteiger partial charge is 0.0421 e. The number of rotatable bonds is 0. The van der Waals surface area contributed by atoms with Crippen LogP contribution in [0.1, 0.15) is 12.8 Å². The lowest BCUT2D eigenvalue weighted by molar-refractivity contribution is -0.0610. The maximum absolute atomic E-state index is 3.74. The van der Waals surface area contributed by atoms with Gasteiger partial charge < -0.3 is 10.6 Å². The van der Waals surface area contributed by atoms with E-state index in [1.165, 1.54) is 52.1 Å². The molecule has 0 radical (unpaired) electrons. The van der Waals surface area contributed by atoms with Gasteiger partial charge in [0.2, 0.25) is 0 Å². The first-order chi connectivity index (χ1) is 7.93. The van der Waals surface area contributed by atoms with Gasteiger partial charge in [-0.05, 0) is 12.8 Å². The van der Waals surface area contributed by atoms with Crippen molar-refractivity contribution in [2.45, 2.75) is 37.0 Å². The van der Waals surface area contributed by atoms with Gasteiger partial charge in [0.15, 0.2) is 0 Å². The Morgan fingerprint density at radius 1 is 0.688 bits per heavy atom. The minimum absolute atomic E-state index is 0.762. The highest BCUT2D eigenvalue weighted by molar-refractivity contribution is 5.10. The van der Waals surface area contributed by atoms with Crippen molar-refractivity contribution >= 4 is 0 Å². The zero-order chi connectivity index (χ0) is 10.5. The van der Waals surface area contributed by atoms with E-state index in [9.17, 15) is 0 Å². The second-order valence-corrected chi connectivity index (χ2v) is 5.75.